The summed E-state index contributed by atoms with van der Waals surface area (Å²) in [7, 11) is 0. The number of halogens is 1. The van der Waals surface area contributed by atoms with Crippen molar-refractivity contribution < 1.29 is 8.91 Å². The molecule has 3 heterocycles. The molecule has 29 heavy (non-hydrogen) atoms. The Hall–Kier alpha value is -2.80. The van der Waals surface area contributed by atoms with E-state index in [1.807, 2.05) is 38.1 Å². The van der Waals surface area contributed by atoms with E-state index in [1.54, 1.807) is 6.20 Å². The van der Waals surface area contributed by atoms with Crippen molar-refractivity contribution in [3.63, 3.8) is 0 Å². The molecule has 2 aromatic heterocycles. The summed E-state index contributed by atoms with van der Waals surface area (Å²) in [6.07, 6.45) is 2.83. The van der Waals surface area contributed by atoms with Crippen LogP contribution in [0.5, 0.6) is 0 Å². The van der Waals surface area contributed by atoms with Crippen molar-refractivity contribution in [3.8, 4) is 11.5 Å². The largest absolute Gasteiger partial charge is 0.355 e. The van der Waals surface area contributed by atoms with Crippen LogP contribution < -0.4 is 4.90 Å². The predicted molar refractivity (Wildman–Crippen MR) is 110 cm³/mol. The minimum Gasteiger partial charge on any atom is -0.355 e. The lowest BCUT2D eigenvalue weighted by Gasteiger charge is -2.24. The molecule has 4 rings (SSSR count). The number of anilines is 1. The molecule has 0 amide bonds. The summed E-state index contributed by atoms with van der Waals surface area (Å²) in [4.78, 5) is 13.9. The second-order valence-corrected chi connectivity index (χ2v) is 7.73. The van der Waals surface area contributed by atoms with E-state index in [1.165, 1.54) is 12.1 Å². The van der Waals surface area contributed by atoms with Crippen molar-refractivity contribution in [2.45, 2.75) is 32.7 Å². The Morgan fingerprint density at radius 3 is 2.66 bits per heavy atom. The van der Waals surface area contributed by atoms with Gasteiger partial charge in [-0.1, -0.05) is 31.1 Å². The van der Waals surface area contributed by atoms with Gasteiger partial charge in [-0.2, -0.15) is 4.98 Å². The van der Waals surface area contributed by atoms with E-state index in [4.69, 9.17) is 4.52 Å². The van der Waals surface area contributed by atoms with E-state index in [-0.39, 0.29) is 11.7 Å². The van der Waals surface area contributed by atoms with Gasteiger partial charge in [0.15, 0.2) is 5.82 Å². The van der Waals surface area contributed by atoms with E-state index < -0.39 is 0 Å². The maximum atomic E-state index is 13.1. The number of pyridine rings is 1. The molecule has 152 valence electrons. The predicted octanol–water partition coefficient (Wildman–Crippen LogP) is 4.11. The molecule has 6 nitrogen and oxygen atoms in total. The third kappa shape index (κ3) is 4.62. The Bertz CT molecular complexity index is 940. The molecule has 3 aromatic rings. The van der Waals surface area contributed by atoms with Gasteiger partial charge < -0.3 is 9.42 Å². The standard InChI is InChI=1S/C22H26FN5O/c1-16(2)20-25-22(29-26-20)19-5-3-10-24-21(19)28-12-4-11-27(13-14-28)15-17-6-8-18(23)9-7-17/h3,5-10,16H,4,11-15H2,1-2H3. The number of benzene rings is 1. The van der Waals surface area contributed by atoms with Crippen LogP contribution in [0.25, 0.3) is 11.5 Å². The van der Waals surface area contributed by atoms with Crippen molar-refractivity contribution in [2.75, 3.05) is 31.1 Å². The van der Waals surface area contributed by atoms with Gasteiger partial charge in [-0.25, -0.2) is 9.37 Å². The molecule has 0 unspecified atom stereocenters. The molecule has 0 aliphatic carbocycles. The lowest BCUT2D eigenvalue weighted by molar-refractivity contribution is 0.285. The Morgan fingerprint density at radius 2 is 1.90 bits per heavy atom. The molecule has 7 heteroatoms. The molecule has 0 N–H and O–H groups in total. The van der Waals surface area contributed by atoms with Gasteiger partial charge in [0.25, 0.3) is 5.89 Å². The van der Waals surface area contributed by atoms with Gasteiger partial charge in [-0.05, 0) is 36.2 Å². The molecule has 1 aromatic carbocycles. The topological polar surface area (TPSA) is 58.3 Å². The van der Waals surface area contributed by atoms with Crippen molar-refractivity contribution in [3.05, 3.63) is 59.8 Å². The summed E-state index contributed by atoms with van der Waals surface area (Å²) >= 11 is 0. The molecule has 0 atom stereocenters. The fourth-order valence-corrected chi connectivity index (χ4v) is 3.58. The minimum atomic E-state index is -0.194. The highest BCUT2D eigenvalue weighted by atomic mass is 19.1. The highest BCUT2D eigenvalue weighted by Gasteiger charge is 2.22. The van der Waals surface area contributed by atoms with Crippen molar-refractivity contribution >= 4 is 5.82 Å². The van der Waals surface area contributed by atoms with Gasteiger partial charge in [-0.3, -0.25) is 4.90 Å². The summed E-state index contributed by atoms with van der Waals surface area (Å²) in [6, 6.07) is 10.6. The number of aromatic nitrogens is 3. The molecule has 1 saturated heterocycles. The first-order valence-electron chi connectivity index (χ1n) is 10.1. The van der Waals surface area contributed by atoms with Crippen LogP contribution in [0.3, 0.4) is 0 Å². The molecule has 1 aliphatic heterocycles. The maximum absolute atomic E-state index is 13.1. The number of hydrogen-bond donors (Lipinski definition) is 0. The zero-order valence-electron chi connectivity index (χ0n) is 16.9. The molecule has 0 spiro atoms. The Kier molecular flexibility index (Phi) is 5.85. The van der Waals surface area contributed by atoms with E-state index in [9.17, 15) is 4.39 Å². The first-order chi connectivity index (χ1) is 14.1. The van der Waals surface area contributed by atoms with Crippen LogP contribution in [-0.4, -0.2) is 46.2 Å². The third-order valence-corrected chi connectivity index (χ3v) is 5.18. The van der Waals surface area contributed by atoms with Gasteiger partial charge in [0.2, 0.25) is 0 Å². The second kappa shape index (κ2) is 8.69. The molecule has 0 saturated carbocycles. The van der Waals surface area contributed by atoms with Crippen molar-refractivity contribution in [1.29, 1.82) is 0 Å². The summed E-state index contributed by atoms with van der Waals surface area (Å²) in [6.45, 7) is 8.59. The first-order valence-corrected chi connectivity index (χ1v) is 10.1. The van der Waals surface area contributed by atoms with Crippen LogP contribution in [0.15, 0.2) is 47.1 Å². The zero-order chi connectivity index (χ0) is 20.2. The average Bonchev–Trinajstić information content (AvgIpc) is 3.11. The Morgan fingerprint density at radius 1 is 1.07 bits per heavy atom. The van der Waals surface area contributed by atoms with Gasteiger partial charge in [0.05, 0.1) is 5.56 Å². The normalized spacial score (nSPS) is 15.7. The van der Waals surface area contributed by atoms with Crippen LogP contribution in [0.1, 0.15) is 37.6 Å². The fourth-order valence-electron chi connectivity index (χ4n) is 3.58. The maximum Gasteiger partial charge on any atom is 0.261 e. The van der Waals surface area contributed by atoms with E-state index in [2.05, 4.69) is 24.9 Å². The minimum absolute atomic E-state index is 0.194. The lowest BCUT2D eigenvalue weighted by atomic mass is 10.2. The smallest absolute Gasteiger partial charge is 0.261 e. The molecule has 0 bridgehead atoms. The van der Waals surface area contributed by atoms with Crippen molar-refractivity contribution in [2.24, 2.45) is 0 Å². The van der Waals surface area contributed by atoms with Crippen LogP contribution in [0.4, 0.5) is 10.2 Å². The first kappa shape index (κ1) is 19.5. The molecular weight excluding hydrogens is 369 g/mol. The Labute approximate surface area is 170 Å². The lowest BCUT2D eigenvalue weighted by Crippen LogP contribution is -2.31. The fraction of sp³-hybridized carbons (Fsp3) is 0.409. The highest BCUT2D eigenvalue weighted by molar-refractivity contribution is 5.69. The third-order valence-electron chi connectivity index (χ3n) is 5.18. The van der Waals surface area contributed by atoms with Gasteiger partial charge in [0.1, 0.15) is 11.6 Å². The summed E-state index contributed by atoms with van der Waals surface area (Å²) in [5.74, 6) is 2.13. The number of rotatable bonds is 5. The molecule has 0 radical (unpaired) electrons. The summed E-state index contributed by atoms with van der Waals surface area (Å²) in [5.41, 5.74) is 2.00. The SMILES string of the molecule is CC(C)c1noc(-c2cccnc2N2CCCN(Cc3ccc(F)cc3)CC2)n1. The summed E-state index contributed by atoms with van der Waals surface area (Å²) in [5, 5.41) is 4.09. The van der Waals surface area contributed by atoms with Crippen LogP contribution in [0, 0.1) is 5.82 Å². The van der Waals surface area contributed by atoms with Gasteiger partial charge in [0, 0.05) is 44.8 Å². The number of hydrogen-bond acceptors (Lipinski definition) is 6. The zero-order valence-corrected chi connectivity index (χ0v) is 16.9. The second-order valence-electron chi connectivity index (χ2n) is 7.73. The van der Waals surface area contributed by atoms with Crippen LogP contribution in [-0.2, 0) is 6.54 Å². The van der Waals surface area contributed by atoms with Crippen LogP contribution >= 0.6 is 0 Å². The quantitative estimate of drug-likeness (QED) is 0.648. The van der Waals surface area contributed by atoms with Crippen molar-refractivity contribution in [1.82, 2.24) is 20.0 Å². The average molecular weight is 395 g/mol. The molecule has 1 aliphatic rings. The van der Waals surface area contributed by atoms with E-state index >= 15 is 0 Å². The van der Waals surface area contributed by atoms with Crippen LogP contribution in [0.2, 0.25) is 0 Å². The molecule has 1 fully saturated rings. The molecular formula is C22H26FN5O. The van der Waals surface area contributed by atoms with E-state index in [0.717, 1.165) is 56.1 Å². The monoisotopic (exact) mass is 395 g/mol. The summed E-state index contributed by atoms with van der Waals surface area (Å²) < 4.78 is 18.7. The van der Waals surface area contributed by atoms with Gasteiger partial charge >= 0.3 is 0 Å². The van der Waals surface area contributed by atoms with Gasteiger partial charge in [-0.15, -0.1) is 0 Å². The Balaban J connectivity index is 1.48. The van der Waals surface area contributed by atoms with E-state index in [0.29, 0.717) is 11.7 Å². The number of nitrogens with zero attached hydrogens (tertiary/aromatic N) is 5. The highest BCUT2D eigenvalue weighted by Crippen LogP contribution is 2.29.